The number of nitrogens with zero attached hydrogens (tertiary/aromatic N) is 1. The molecule has 0 fully saturated rings. The van der Waals surface area contributed by atoms with Gasteiger partial charge in [-0.2, -0.15) is 0 Å². The quantitative estimate of drug-likeness (QED) is 0.487. The first-order chi connectivity index (χ1) is 7.97. The molecule has 0 amide bonds. The van der Waals surface area contributed by atoms with Crippen molar-refractivity contribution in [3.05, 3.63) is 33.6 Å². The smallest absolute Gasteiger partial charge is 0.339 e. The average molecular weight is 239 g/mol. The van der Waals surface area contributed by atoms with Gasteiger partial charge in [-0.1, -0.05) is 5.92 Å². The van der Waals surface area contributed by atoms with E-state index in [2.05, 4.69) is 0 Å². The van der Waals surface area contributed by atoms with Crippen molar-refractivity contribution in [2.75, 3.05) is 6.61 Å². The first-order valence-electron chi connectivity index (χ1n) is 4.25. The molecule has 0 atom stereocenters. The van der Waals surface area contributed by atoms with E-state index in [0.29, 0.717) is 12.1 Å². The SMILES string of the molecule is C#CCOc1c(C(=O)O)cc(F)cc1[N+](=O)[O-]. The van der Waals surface area contributed by atoms with E-state index in [0.717, 1.165) is 0 Å². The predicted octanol–water partition coefficient (Wildman–Crippen LogP) is 1.44. The lowest BCUT2D eigenvalue weighted by molar-refractivity contribution is -0.386. The Morgan fingerprint density at radius 1 is 1.65 bits per heavy atom. The molecule has 7 heteroatoms. The van der Waals surface area contributed by atoms with Crippen LogP contribution in [0.1, 0.15) is 10.4 Å². The highest BCUT2D eigenvalue weighted by Crippen LogP contribution is 2.32. The molecule has 0 aliphatic heterocycles. The van der Waals surface area contributed by atoms with Crippen LogP contribution in [-0.2, 0) is 0 Å². The van der Waals surface area contributed by atoms with Crippen LogP contribution in [0.4, 0.5) is 10.1 Å². The van der Waals surface area contributed by atoms with Crippen LogP contribution in [0.3, 0.4) is 0 Å². The second-order valence-corrected chi connectivity index (χ2v) is 2.86. The summed E-state index contributed by atoms with van der Waals surface area (Å²) in [7, 11) is 0. The van der Waals surface area contributed by atoms with Gasteiger partial charge in [0, 0.05) is 0 Å². The van der Waals surface area contributed by atoms with Crippen LogP contribution in [0.2, 0.25) is 0 Å². The van der Waals surface area contributed by atoms with Gasteiger partial charge in [0.15, 0.2) is 0 Å². The summed E-state index contributed by atoms with van der Waals surface area (Å²) in [4.78, 5) is 20.5. The molecular formula is C10H6FNO5. The Labute approximate surface area is 94.8 Å². The molecule has 0 aliphatic rings. The summed E-state index contributed by atoms with van der Waals surface area (Å²) in [6.07, 6.45) is 4.89. The highest BCUT2D eigenvalue weighted by Gasteiger charge is 2.25. The standard InChI is InChI=1S/C10H6FNO5/c1-2-3-17-9-7(10(13)14)4-6(11)5-8(9)12(15)16/h1,4-5H,3H2,(H,13,14). The number of carboxylic acids is 1. The van der Waals surface area contributed by atoms with Crippen LogP contribution < -0.4 is 4.74 Å². The topological polar surface area (TPSA) is 89.7 Å². The highest BCUT2D eigenvalue weighted by atomic mass is 19.1. The normalized spacial score (nSPS) is 9.41. The van der Waals surface area contributed by atoms with E-state index in [1.54, 1.807) is 0 Å². The van der Waals surface area contributed by atoms with Crippen LogP contribution in [0.15, 0.2) is 12.1 Å². The molecule has 0 unspecified atom stereocenters. The molecule has 1 rings (SSSR count). The number of benzene rings is 1. The van der Waals surface area contributed by atoms with E-state index in [-0.39, 0.29) is 6.61 Å². The third kappa shape index (κ3) is 2.69. The monoisotopic (exact) mass is 239 g/mol. The lowest BCUT2D eigenvalue weighted by Crippen LogP contribution is -2.07. The van der Waals surface area contributed by atoms with Gasteiger partial charge in [0.2, 0.25) is 5.75 Å². The molecule has 88 valence electrons. The maximum atomic E-state index is 13.0. The fraction of sp³-hybridized carbons (Fsp3) is 0.100. The minimum atomic E-state index is -1.54. The summed E-state index contributed by atoms with van der Waals surface area (Å²) in [5.74, 6) is -1.10. The molecule has 0 aromatic heterocycles. The molecule has 0 saturated carbocycles. The molecule has 0 spiro atoms. The largest absolute Gasteiger partial charge is 0.478 e. The molecule has 17 heavy (non-hydrogen) atoms. The van der Waals surface area contributed by atoms with Gasteiger partial charge in [-0.25, -0.2) is 9.18 Å². The number of aromatic carboxylic acids is 1. The van der Waals surface area contributed by atoms with Crippen LogP contribution in [0.25, 0.3) is 0 Å². The number of rotatable bonds is 4. The first kappa shape index (κ1) is 12.4. The fourth-order valence-corrected chi connectivity index (χ4v) is 1.14. The second-order valence-electron chi connectivity index (χ2n) is 2.86. The Morgan fingerprint density at radius 3 is 2.76 bits per heavy atom. The van der Waals surface area contributed by atoms with Gasteiger partial charge >= 0.3 is 11.7 Å². The third-order valence-electron chi connectivity index (χ3n) is 1.76. The Balaban J connectivity index is 3.42. The molecular weight excluding hydrogens is 233 g/mol. The van der Waals surface area contributed by atoms with Crippen molar-refractivity contribution in [1.82, 2.24) is 0 Å². The number of ether oxygens (including phenoxy) is 1. The van der Waals surface area contributed by atoms with E-state index in [1.165, 1.54) is 0 Å². The van der Waals surface area contributed by atoms with Crippen LogP contribution in [-0.4, -0.2) is 22.6 Å². The molecule has 0 radical (unpaired) electrons. The summed E-state index contributed by atoms with van der Waals surface area (Å²) >= 11 is 0. The Morgan fingerprint density at radius 2 is 2.29 bits per heavy atom. The summed E-state index contributed by atoms with van der Waals surface area (Å²) in [6.45, 7) is -0.354. The fourth-order valence-electron chi connectivity index (χ4n) is 1.14. The molecule has 1 N–H and O–H groups in total. The van der Waals surface area contributed by atoms with E-state index in [4.69, 9.17) is 16.3 Å². The average Bonchev–Trinajstić information content (AvgIpc) is 2.26. The van der Waals surface area contributed by atoms with Crippen molar-refractivity contribution in [3.8, 4) is 18.1 Å². The molecule has 1 aromatic carbocycles. The van der Waals surface area contributed by atoms with Gasteiger partial charge in [0.1, 0.15) is 18.0 Å². The van der Waals surface area contributed by atoms with Crippen LogP contribution >= 0.6 is 0 Å². The maximum Gasteiger partial charge on any atom is 0.339 e. The van der Waals surface area contributed by atoms with Crippen LogP contribution in [0, 0.1) is 28.3 Å². The molecule has 0 aliphatic carbocycles. The van der Waals surface area contributed by atoms with Crippen molar-refractivity contribution in [3.63, 3.8) is 0 Å². The molecule has 1 aromatic rings. The van der Waals surface area contributed by atoms with E-state index < -0.39 is 33.7 Å². The number of halogens is 1. The lowest BCUT2D eigenvalue weighted by atomic mass is 10.1. The Bertz CT molecular complexity index is 485. The van der Waals surface area contributed by atoms with Crippen molar-refractivity contribution in [1.29, 1.82) is 0 Å². The third-order valence-corrected chi connectivity index (χ3v) is 1.76. The van der Waals surface area contributed by atoms with Crippen molar-refractivity contribution in [2.24, 2.45) is 0 Å². The van der Waals surface area contributed by atoms with Crippen molar-refractivity contribution in [2.45, 2.75) is 0 Å². The molecule has 0 heterocycles. The minimum Gasteiger partial charge on any atom is -0.478 e. The van der Waals surface area contributed by atoms with Gasteiger partial charge in [-0.15, -0.1) is 6.42 Å². The number of nitro benzene ring substituents is 1. The Hall–Kier alpha value is -2.62. The van der Waals surface area contributed by atoms with Gasteiger partial charge in [-0.3, -0.25) is 10.1 Å². The van der Waals surface area contributed by atoms with Crippen LogP contribution in [0.5, 0.6) is 5.75 Å². The van der Waals surface area contributed by atoms with Crippen molar-refractivity contribution < 1.29 is 24.0 Å². The highest BCUT2D eigenvalue weighted by molar-refractivity contribution is 5.92. The zero-order valence-electron chi connectivity index (χ0n) is 8.34. The zero-order chi connectivity index (χ0) is 13.0. The number of nitro groups is 1. The van der Waals surface area contributed by atoms with Crippen molar-refractivity contribution >= 4 is 11.7 Å². The lowest BCUT2D eigenvalue weighted by Gasteiger charge is -2.07. The van der Waals surface area contributed by atoms with E-state index >= 15 is 0 Å². The predicted molar refractivity (Wildman–Crippen MR) is 54.3 cm³/mol. The Kier molecular flexibility index (Phi) is 3.62. The molecule has 0 saturated heterocycles. The second kappa shape index (κ2) is 4.94. The molecule has 0 bridgehead atoms. The zero-order valence-corrected chi connectivity index (χ0v) is 8.34. The van der Waals surface area contributed by atoms with Gasteiger partial charge in [-0.05, 0) is 6.07 Å². The van der Waals surface area contributed by atoms with E-state index in [1.807, 2.05) is 5.92 Å². The number of hydrogen-bond acceptors (Lipinski definition) is 4. The number of hydrogen-bond donors (Lipinski definition) is 1. The van der Waals surface area contributed by atoms with Gasteiger partial charge in [0.25, 0.3) is 0 Å². The van der Waals surface area contributed by atoms with Gasteiger partial charge < -0.3 is 9.84 Å². The summed E-state index contributed by atoms with van der Waals surface area (Å²) in [5, 5.41) is 19.4. The van der Waals surface area contributed by atoms with E-state index in [9.17, 15) is 19.3 Å². The maximum absolute atomic E-state index is 13.0. The first-order valence-corrected chi connectivity index (χ1v) is 4.25. The number of carboxylic acid groups (broad SMARTS) is 1. The minimum absolute atomic E-state index is 0.354. The summed E-state index contributed by atoms with van der Waals surface area (Å²) in [5.41, 5.74) is -1.43. The number of carbonyl (C=O) groups is 1. The molecule has 6 nitrogen and oxygen atoms in total. The van der Waals surface area contributed by atoms with Gasteiger partial charge in [0.05, 0.1) is 11.0 Å². The number of terminal acetylenes is 1. The summed E-state index contributed by atoms with van der Waals surface area (Å²) < 4.78 is 17.8. The summed E-state index contributed by atoms with van der Waals surface area (Å²) in [6, 6.07) is 1.19.